The molecule has 158 valence electrons. The van der Waals surface area contributed by atoms with Crippen LogP contribution in [0.3, 0.4) is 0 Å². The second-order valence-electron chi connectivity index (χ2n) is 8.70. The van der Waals surface area contributed by atoms with Crippen molar-refractivity contribution in [1.29, 1.82) is 0 Å². The molecule has 5 rings (SSSR count). The number of ether oxygens (including phenoxy) is 1. The van der Waals surface area contributed by atoms with E-state index in [-0.39, 0.29) is 6.10 Å². The van der Waals surface area contributed by atoms with Crippen molar-refractivity contribution in [1.82, 2.24) is 19.9 Å². The van der Waals surface area contributed by atoms with Crippen LogP contribution in [0.4, 0.5) is 5.82 Å². The van der Waals surface area contributed by atoms with Crippen molar-refractivity contribution in [3.63, 3.8) is 0 Å². The van der Waals surface area contributed by atoms with E-state index in [1.54, 1.807) is 6.20 Å². The van der Waals surface area contributed by atoms with Crippen LogP contribution in [0.25, 0.3) is 21.6 Å². The highest BCUT2D eigenvalue weighted by atomic mass is 32.1. The van der Waals surface area contributed by atoms with Crippen LogP contribution in [-0.2, 0) is 17.6 Å². The third kappa shape index (κ3) is 4.06. The van der Waals surface area contributed by atoms with E-state index in [1.165, 1.54) is 22.2 Å². The predicted octanol–water partition coefficient (Wildman–Crippen LogP) is 4.01. The zero-order chi connectivity index (χ0) is 20.5. The highest BCUT2D eigenvalue weighted by Gasteiger charge is 2.25. The smallest absolute Gasteiger partial charge is 0.164 e. The number of nitrogens with zero attached hydrogens (tertiary/aromatic N) is 4. The molecule has 30 heavy (non-hydrogen) atoms. The number of thiophene rings is 1. The van der Waals surface area contributed by atoms with E-state index < -0.39 is 0 Å². The molecule has 1 atom stereocenters. The number of hydrogen-bond donors (Lipinski definition) is 1. The van der Waals surface area contributed by atoms with Gasteiger partial charge in [-0.05, 0) is 42.9 Å². The summed E-state index contributed by atoms with van der Waals surface area (Å²) in [7, 11) is 0. The Bertz CT molecular complexity index is 1020. The van der Waals surface area contributed by atoms with E-state index in [2.05, 4.69) is 29.0 Å². The number of nitrogens with one attached hydrogen (secondary N) is 1. The Morgan fingerprint density at radius 2 is 2.23 bits per heavy atom. The van der Waals surface area contributed by atoms with Gasteiger partial charge in [0, 0.05) is 49.0 Å². The fourth-order valence-electron chi connectivity index (χ4n) is 4.54. The molecule has 3 aromatic rings. The molecule has 0 amide bonds. The summed E-state index contributed by atoms with van der Waals surface area (Å²) >= 11 is 1.83. The van der Waals surface area contributed by atoms with Gasteiger partial charge in [0.25, 0.3) is 0 Å². The molecule has 7 heteroatoms. The van der Waals surface area contributed by atoms with Crippen LogP contribution >= 0.6 is 11.3 Å². The molecule has 4 heterocycles. The van der Waals surface area contributed by atoms with Gasteiger partial charge in [0.05, 0.1) is 18.1 Å². The van der Waals surface area contributed by atoms with Gasteiger partial charge in [0.1, 0.15) is 10.6 Å². The Morgan fingerprint density at radius 3 is 3.07 bits per heavy atom. The SMILES string of the molecule is CC(C)CN1CCO[C@H](CNc2nc(-c3cccnc3)nc3sc4c(c23)CCC4)C1. The molecule has 1 fully saturated rings. The first kappa shape index (κ1) is 19.8. The lowest BCUT2D eigenvalue weighted by Gasteiger charge is -2.34. The average Bonchev–Trinajstić information content (AvgIpc) is 3.33. The van der Waals surface area contributed by atoms with Crippen LogP contribution in [0.2, 0.25) is 0 Å². The molecular formula is C23H29N5OS. The van der Waals surface area contributed by atoms with Gasteiger partial charge in [-0.3, -0.25) is 9.88 Å². The number of aromatic nitrogens is 3. The standard InChI is InChI=1S/C23H29N5OS/c1-15(2)13-28-9-10-29-17(14-28)12-25-22-20-18-6-3-7-19(18)30-23(20)27-21(26-22)16-5-4-8-24-11-16/h4-5,8,11,15,17H,3,6-7,9-10,12-14H2,1-2H3,(H,25,26,27)/t17-/m1/s1. The topological polar surface area (TPSA) is 63.2 Å². The first-order valence-corrected chi connectivity index (χ1v) is 11.8. The van der Waals surface area contributed by atoms with Crippen LogP contribution in [0.1, 0.15) is 30.7 Å². The fourth-order valence-corrected chi connectivity index (χ4v) is 5.81. The van der Waals surface area contributed by atoms with Crippen LogP contribution in [-0.4, -0.2) is 58.7 Å². The Labute approximate surface area is 181 Å². The number of hydrogen-bond acceptors (Lipinski definition) is 7. The van der Waals surface area contributed by atoms with E-state index in [4.69, 9.17) is 14.7 Å². The zero-order valence-corrected chi connectivity index (χ0v) is 18.5. The molecule has 6 nitrogen and oxygen atoms in total. The van der Waals surface area contributed by atoms with E-state index in [0.29, 0.717) is 5.92 Å². The molecule has 0 bridgehead atoms. The van der Waals surface area contributed by atoms with Gasteiger partial charge in [-0.1, -0.05) is 13.8 Å². The van der Waals surface area contributed by atoms with E-state index >= 15 is 0 Å². The Balaban J connectivity index is 1.42. The maximum atomic E-state index is 6.06. The summed E-state index contributed by atoms with van der Waals surface area (Å²) in [6, 6.07) is 3.96. The van der Waals surface area contributed by atoms with Crippen molar-refractivity contribution in [2.45, 2.75) is 39.2 Å². The van der Waals surface area contributed by atoms with Gasteiger partial charge < -0.3 is 10.1 Å². The molecule has 1 saturated heterocycles. The molecule has 0 radical (unpaired) electrons. The lowest BCUT2D eigenvalue weighted by atomic mass is 10.1. The largest absolute Gasteiger partial charge is 0.374 e. The van der Waals surface area contributed by atoms with E-state index in [9.17, 15) is 0 Å². The third-order valence-electron chi connectivity index (χ3n) is 5.83. The summed E-state index contributed by atoms with van der Waals surface area (Å²) in [4.78, 5) is 19.2. The first-order chi connectivity index (χ1) is 14.7. The highest BCUT2D eigenvalue weighted by molar-refractivity contribution is 7.19. The van der Waals surface area contributed by atoms with Gasteiger partial charge in [-0.15, -0.1) is 11.3 Å². The van der Waals surface area contributed by atoms with Crippen molar-refractivity contribution in [2.75, 3.05) is 38.1 Å². The van der Waals surface area contributed by atoms with Crippen LogP contribution in [0, 0.1) is 5.92 Å². The number of aryl methyl sites for hydroxylation is 2. The Hall–Kier alpha value is -2.09. The number of rotatable bonds is 6. The monoisotopic (exact) mass is 423 g/mol. The number of anilines is 1. The minimum atomic E-state index is 0.177. The van der Waals surface area contributed by atoms with Gasteiger partial charge >= 0.3 is 0 Å². The maximum absolute atomic E-state index is 6.06. The number of fused-ring (bicyclic) bond motifs is 3. The lowest BCUT2D eigenvalue weighted by Crippen LogP contribution is -2.46. The van der Waals surface area contributed by atoms with Crippen LogP contribution in [0.15, 0.2) is 24.5 Å². The van der Waals surface area contributed by atoms with Crippen molar-refractivity contribution < 1.29 is 4.74 Å². The molecule has 1 N–H and O–H groups in total. The zero-order valence-electron chi connectivity index (χ0n) is 17.7. The third-order valence-corrected chi connectivity index (χ3v) is 7.01. The van der Waals surface area contributed by atoms with Crippen molar-refractivity contribution >= 4 is 27.4 Å². The Kier molecular flexibility index (Phi) is 5.67. The van der Waals surface area contributed by atoms with E-state index in [0.717, 1.165) is 67.7 Å². The van der Waals surface area contributed by atoms with Gasteiger partial charge in [0.2, 0.25) is 0 Å². The summed E-state index contributed by atoms with van der Waals surface area (Å²) in [6.07, 6.45) is 7.31. The molecule has 0 aromatic carbocycles. The van der Waals surface area contributed by atoms with E-state index in [1.807, 2.05) is 29.7 Å². The molecule has 0 spiro atoms. The summed E-state index contributed by atoms with van der Waals surface area (Å²) < 4.78 is 6.06. The molecular weight excluding hydrogens is 394 g/mol. The highest BCUT2D eigenvalue weighted by Crippen LogP contribution is 2.40. The quantitative estimate of drug-likeness (QED) is 0.646. The minimum absolute atomic E-state index is 0.177. The summed E-state index contributed by atoms with van der Waals surface area (Å²) in [5, 5.41) is 4.86. The molecule has 2 aliphatic rings. The molecule has 0 unspecified atom stereocenters. The second-order valence-corrected chi connectivity index (χ2v) is 9.79. The number of pyridine rings is 1. The molecule has 1 aliphatic heterocycles. The summed E-state index contributed by atoms with van der Waals surface area (Å²) in [5.41, 5.74) is 2.40. The first-order valence-electron chi connectivity index (χ1n) is 11.0. The molecule has 1 aliphatic carbocycles. The molecule has 3 aromatic heterocycles. The maximum Gasteiger partial charge on any atom is 0.164 e. The lowest BCUT2D eigenvalue weighted by molar-refractivity contribution is -0.0244. The summed E-state index contributed by atoms with van der Waals surface area (Å²) in [6.45, 7) is 9.23. The van der Waals surface area contributed by atoms with Gasteiger partial charge in [-0.25, -0.2) is 9.97 Å². The van der Waals surface area contributed by atoms with Crippen LogP contribution < -0.4 is 5.32 Å². The fraction of sp³-hybridized carbons (Fsp3) is 0.522. The van der Waals surface area contributed by atoms with Gasteiger partial charge in [0.15, 0.2) is 5.82 Å². The normalized spacial score (nSPS) is 19.5. The van der Waals surface area contributed by atoms with Crippen molar-refractivity contribution in [3.05, 3.63) is 35.0 Å². The van der Waals surface area contributed by atoms with Crippen molar-refractivity contribution in [3.8, 4) is 11.4 Å². The summed E-state index contributed by atoms with van der Waals surface area (Å²) in [5.74, 6) is 2.36. The van der Waals surface area contributed by atoms with Crippen LogP contribution in [0.5, 0.6) is 0 Å². The second kappa shape index (κ2) is 8.57. The number of morpholine rings is 1. The minimum Gasteiger partial charge on any atom is -0.374 e. The predicted molar refractivity (Wildman–Crippen MR) is 122 cm³/mol. The Morgan fingerprint density at radius 1 is 1.30 bits per heavy atom. The van der Waals surface area contributed by atoms with Crippen molar-refractivity contribution in [2.24, 2.45) is 5.92 Å². The molecule has 0 saturated carbocycles. The average molecular weight is 424 g/mol. The van der Waals surface area contributed by atoms with Gasteiger partial charge in [-0.2, -0.15) is 0 Å².